The summed E-state index contributed by atoms with van der Waals surface area (Å²) in [5, 5.41) is 0. The number of methoxy groups -OCH3 is 1. The largest absolute Gasteiger partial charge is 0.497 e. The number of nitrogens with zero attached hydrogens (tertiary/aromatic N) is 1. The number of anilines is 1. The third kappa shape index (κ3) is 1.90. The lowest BCUT2D eigenvalue weighted by molar-refractivity contribution is 0.0788. The number of hydrogen-bond acceptors (Lipinski definition) is 3. The second-order valence-corrected chi connectivity index (χ2v) is 4.99. The predicted octanol–water partition coefficient (Wildman–Crippen LogP) is 2.53. The summed E-state index contributed by atoms with van der Waals surface area (Å²) in [6.45, 7) is 0.552. The Hall–Kier alpha value is -2.49. The first-order valence-electron chi connectivity index (χ1n) is 6.42. The van der Waals surface area contributed by atoms with Crippen LogP contribution in [0.3, 0.4) is 0 Å². The van der Waals surface area contributed by atoms with Crippen LogP contribution in [0.5, 0.6) is 5.75 Å². The molecule has 20 heavy (non-hydrogen) atoms. The lowest BCUT2D eigenvalue weighted by Crippen LogP contribution is -2.24. The molecule has 0 aliphatic carbocycles. The normalized spacial score (nSPS) is 13.5. The number of nitrogens with two attached hydrogens (primary N) is 1. The van der Waals surface area contributed by atoms with Crippen molar-refractivity contribution in [3.8, 4) is 16.9 Å². The van der Waals surface area contributed by atoms with Gasteiger partial charge in [-0.25, -0.2) is 0 Å². The number of fused-ring (bicyclic) bond motifs is 3. The molecule has 1 amide bonds. The molecule has 102 valence electrons. The summed E-state index contributed by atoms with van der Waals surface area (Å²) in [6.07, 6.45) is 0. The fourth-order valence-corrected chi connectivity index (χ4v) is 2.60. The Morgan fingerprint density at radius 2 is 1.85 bits per heavy atom. The van der Waals surface area contributed by atoms with E-state index in [1.165, 1.54) is 0 Å². The summed E-state index contributed by atoms with van der Waals surface area (Å²) in [6, 6.07) is 11.4. The molecule has 0 atom stereocenters. The third-order valence-electron chi connectivity index (χ3n) is 3.63. The van der Waals surface area contributed by atoms with E-state index in [2.05, 4.69) is 0 Å². The molecule has 2 aromatic carbocycles. The molecule has 0 unspecified atom stereocenters. The fourth-order valence-electron chi connectivity index (χ4n) is 2.60. The average Bonchev–Trinajstić information content (AvgIpc) is 2.55. The van der Waals surface area contributed by atoms with Gasteiger partial charge in [0, 0.05) is 19.3 Å². The molecule has 4 nitrogen and oxygen atoms in total. The minimum Gasteiger partial charge on any atom is -0.497 e. The van der Waals surface area contributed by atoms with E-state index < -0.39 is 0 Å². The molecule has 2 N–H and O–H groups in total. The number of amides is 1. The maximum absolute atomic E-state index is 12.5. The Labute approximate surface area is 117 Å². The van der Waals surface area contributed by atoms with Crippen LogP contribution in [0.4, 0.5) is 5.69 Å². The molecule has 0 fully saturated rings. The Bertz CT molecular complexity index is 695. The van der Waals surface area contributed by atoms with Crippen LogP contribution in [-0.4, -0.2) is 25.0 Å². The maximum Gasteiger partial charge on any atom is 0.254 e. The molecular formula is C16H16N2O2. The SMILES string of the molecule is COc1ccc2c(c1)C(=O)N(C)Cc1cc(N)ccc1-2. The highest BCUT2D eigenvalue weighted by atomic mass is 16.5. The number of carbonyl (C=O) groups excluding carboxylic acids is 1. The molecule has 3 rings (SSSR count). The van der Waals surface area contributed by atoms with Gasteiger partial charge in [-0.1, -0.05) is 6.07 Å². The molecule has 0 bridgehead atoms. The van der Waals surface area contributed by atoms with Gasteiger partial charge in [0.25, 0.3) is 5.91 Å². The van der Waals surface area contributed by atoms with E-state index in [1.54, 1.807) is 25.1 Å². The molecule has 1 aliphatic rings. The highest BCUT2D eigenvalue weighted by Crippen LogP contribution is 2.35. The average molecular weight is 268 g/mol. The summed E-state index contributed by atoms with van der Waals surface area (Å²) in [5.74, 6) is 0.679. The lowest BCUT2D eigenvalue weighted by Gasteiger charge is -2.15. The molecule has 1 heterocycles. The summed E-state index contributed by atoms with van der Waals surface area (Å²) in [4.78, 5) is 14.2. The Balaban J connectivity index is 2.28. The molecule has 0 spiro atoms. The van der Waals surface area contributed by atoms with Crippen LogP contribution < -0.4 is 10.5 Å². The number of nitrogen functional groups attached to an aromatic ring is 1. The van der Waals surface area contributed by atoms with Crippen LogP contribution in [0.25, 0.3) is 11.1 Å². The highest BCUT2D eigenvalue weighted by Gasteiger charge is 2.24. The summed E-state index contributed by atoms with van der Waals surface area (Å²) in [7, 11) is 3.39. The van der Waals surface area contributed by atoms with Crippen molar-refractivity contribution in [3.05, 3.63) is 47.5 Å². The van der Waals surface area contributed by atoms with Crippen molar-refractivity contribution in [1.29, 1.82) is 0 Å². The first kappa shape index (κ1) is 12.5. The Morgan fingerprint density at radius 1 is 1.10 bits per heavy atom. The maximum atomic E-state index is 12.5. The molecule has 0 radical (unpaired) electrons. The van der Waals surface area contributed by atoms with Crippen molar-refractivity contribution in [2.75, 3.05) is 19.9 Å². The van der Waals surface area contributed by atoms with Gasteiger partial charge in [-0.2, -0.15) is 0 Å². The predicted molar refractivity (Wildman–Crippen MR) is 78.6 cm³/mol. The quantitative estimate of drug-likeness (QED) is 0.809. The van der Waals surface area contributed by atoms with E-state index in [0.717, 1.165) is 16.7 Å². The van der Waals surface area contributed by atoms with Crippen molar-refractivity contribution in [2.45, 2.75) is 6.54 Å². The van der Waals surface area contributed by atoms with E-state index in [1.807, 2.05) is 30.3 Å². The van der Waals surface area contributed by atoms with E-state index >= 15 is 0 Å². The van der Waals surface area contributed by atoms with Gasteiger partial charge in [0.2, 0.25) is 0 Å². The topological polar surface area (TPSA) is 55.6 Å². The highest BCUT2D eigenvalue weighted by molar-refractivity contribution is 6.02. The van der Waals surface area contributed by atoms with Gasteiger partial charge in [-0.05, 0) is 47.0 Å². The van der Waals surface area contributed by atoms with E-state index in [-0.39, 0.29) is 5.91 Å². The number of benzene rings is 2. The first-order valence-corrected chi connectivity index (χ1v) is 6.42. The second kappa shape index (κ2) is 4.56. The molecule has 4 heteroatoms. The van der Waals surface area contributed by atoms with Gasteiger partial charge < -0.3 is 15.4 Å². The van der Waals surface area contributed by atoms with Crippen molar-refractivity contribution in [2.24, 2.45) is 0 Å². The third-order valence-corrected chi connectivity index (χ3v) is 3.63. The van der Waals surface area contributed by atoms with Gasteiger partial charge in [0.05, 0.1) is 12.7 Å². The molecule has 2 aromatic rings. The van der Waals surface area contributed by atoms with Crippen LogP contribution in [0.1, 0.15) is 15.9 Å². The molecular weight excluding hydrogens is 252 g/mol. The zero-order valence-electron chi connectivity index (χ0n) is 11.5. The van der Waals surface area contributed by atoms with E-state index in [0.29, 0.717) is 23.5 Å². The van der Waals surface area contributed by atoms with Crippen molar-refractivity contribution in [3.63, 3.8) is 0 Å². The minimum atomic E-state index is -0.00586. The standard InChI is InChI=1S/C16H16N2O2/c1-18-9-10-7-11(17)3-5-13(10)14-6-4-12(20-2)8-15(14)16(18)19/h3-8H,9,17H2,1-2H3. The number of ether oxygens (including phenoxy) is 1. The first-order chi connectivity index (χ1) is 9.60. The molecule has 0 aromatic heterocycles. The van der Waals surface area contributed by atoms with Gasteiger partial charge in [0.15, 0.2) is 0 Å². The minimum absolute atomic E-state index is 0.00586. The van der Waals surface area contributed by atoms with Crippen LogP contribution in [0.2, 0.25) is 0 Å². The zero-order valence-corrected chi connectivity index (χ0v) is 11.5. The van der Waals surface area contributed by atoms with Gasteiger partial charge in [0.1, 0.15) is 5.75 Å². The Kier molecular flexibility index (Phi) is 2.86. The van der Waals surface area contributed by atoms with Crippen LogP contribution in [0, 0.1) is 0 Å². The number of carbonyl (C=O) groups is 1. The Morgan fingerprint density at radius 3 is 2.60 bits per heavy atom. The molecule has 0 saturated carbocycles. The van der Waals surface area contributed by atoms with Gasteiger partial charge in [-0.15, -0.1) is 0 Å². The molecule has 1 aliphatic heterocycles. The van der Waals surface area contributed by atoms with E-state index in [4.69, 9.17) is 10.5 Å². The second-order valence-electron chi connectivity index (χ2n) is 4.99. The van der Waals surface area contributed by atoms with Gasteiger partial charge in [-0.3, -0.25) is 4.79 Å². The van der Waals surface area contributed by atoms with Crippen LogP contribution >= 0.6 is 0 Å². The number of rotatable bonds is 1. The van der Waals surface area contributed by atoms with E-state index in [9.17, 15) is 4.79 Å². The molecule has 0 saturated heterocycles. The summed E-state index contributed by atoms with van der Waals surface area (Å²) < 4.78 is 5.22. The fraction of sp³-hybridized carbons (Fsp3) is 0.188. The van der Waals surface area contributed by atoms with Crippen LogP contribution in [0.15, 0.2) is 36.4 Å². The number of hydrogen-bond donors (Lipinski definition) is 1. The zero-order chi connectivity index (χ0) is 14.3. The summed E-state index contributed by atoms with van der Waals surface area (Å²) >= 11 is 0. The smallest absolute Gasteiger partial charge is 0.254 e. The van der Waals surface area contributed by atoms with Crippen molar-refractivity contribution in [1.82, 2.24) is 4.90 Å². The summed E-state index contributed by atoms with van der Waals surface area (Å²) in [5.41, 5.74) is 10.3. The van der Waals surface area contributed by atoms with Crippen molar-refractivity contribution >= 4 is 11.6 Å². The monoisotopic (exact) mass is 268 g/mol. The lowest BCUT2D eigenvalue weighted by atomic mass is 9.96. The van der Waals surface area contributed by atoms with Crippen molar-refractivity contribution < 1.29 is 9.53 Å². The van der Waals surface area contributed by atoms with Gasteiger partial charge >= 0.3 is 0 Å². The van der Waals surface area contributed by atoms with Crippen LogP contribution in [-0.2, 0) is 6.54 Å².